The van der Waals surface area contributed by atoms with E-state index in [9.17, 15) is 4.79 Å². The zero-order valence-corrected chi connectivity index (χ0v) is 14.5. The molecule has 1 saturated heterocycles. The van der Waals surface area contributed by atoms with Crippen LogP contribution in [0.1, 0.15) is 42.5 Å². The highest BCUT2D eigenvalue weighted by atomic mass is 32.2. The normalized spacial score (nSPS) is 21.7. The van der Waals surface area contributed by atoms with E-state index in [-0.39, 0.29) is 11.4 Å². The van der Waals surface area contributed by atoms with Crippen LogP contribution in [0.2, 0.25) is 0 Å². The average molecular weight is 334 g/mol. The molecule has 1 aliphatic carbocycles. The van der Waals surface area contributed by atoms with Crippen molar-refractivity contribution in [1.82, 2.24) is 10.2 Å². The number of para-hydroxylation sites is 1. The summed E-state index contributed by atoms with van der Waals surface area (Å²) in [6, 6.07) is 7.31. The molecule has 4 nitrogen and oxygen atoms in total. The van der Waals surface area contributed by atoms with E-state index >= 15 is 0 Å². The monoisotopic (exact) mass is 333 g/mol. The molecule has 0 atom stereocenters. The zero-order valence-electron chi connectivity index (χ0n) is 13.7. The molecule has 0 unspecified atom stereocenters. The third kappa shape index (κ3) is 3.83. The molecule has 1 aromatic carbocycles. The first-order valence-corrected chi connectivity index (χ1v) is 9.82. The Morgan fingerprint density at radius 3 is 2.57 bits per heavy atom. The number of anilines is 1. The standard InChI is InChI=1S/C18H27N3OS/c19-16-7-3-2-6-15(16)17(22)20-14-18(8-4-1-5-9-18)21-10-12-23-13-11-21/h2-3,6-7H,1,4-5,8-14,19H2,(H,20,22). The van der Waals surface area contributed by atoms with Gasteiger partial charge in [-0.15, -0.1) is 0 Å². The molecule has 1 amide bonds. The van der Waals surface area contributed by atoms with E-state index in [0.717, 1.165) is 19.6 Å². The van der Waals surface area contributed by atoms with Crippen molar-refractivity contribution in [2.75, 3.05) is 36.9 Å². The Morgan fingerprint density at radius 2 is 1.87 bits per heavy atom. The van der Waals surface area contributed by atoms with Gasteiger partial charge in [-0.2, -0.15) is 11.8 Å². The first kappa shape index (κ1) is 16.7. The maximum Gasteiger partial charge on any atom is 0.253 e. The second-order valence-corrected chi connectivity index (χ2v) is 7.88. The maximum absolute atomic E-state index is 12.5. The number of hydrogen-bond donors (Lipinski definition) is 2. The highest BCUT2D eigenvalue weighted by Gasteiger charge is 2.38. The van der Waals surface area contributed by atoms with Crippen LogP contribution in [-0.2, 0) is 0 Å². The van der Waals surface area contributed by atoms with E-state index in [1.807, 2.05) is 23.9 Å². The zero-order chi connectivity index (χ0) is 16.1. The summed E-state index contributed by atoms with van der Waals surface area (Å²) in [4.78, 5) is 15.2. The molecule has 2 fully saturated rings. The largest absolute Gasteiger partial charge is 0.398 e. The third-order valence-corrected chi connectivity index (χ3v) is 6.19. The molecule has 2 aliphatic rings. The van der Waals surface area contributed by atoms with Gasteiger partial charge in [0.05, 0.1) is 5.56 Å². The SMILES string of the molecule is Nc1ccccc1C(=O)NCC1(N2CCSCC2)CCCCC1. The molecule has 3 N–H and O–H groups in total. The third-order valence-electron chi connectivity index (χ3n) is 5.25. The van der Waals surface area contributed by atoms with Gasteiger partial charge in [0.2, 0.25) is 0 Å². The second kappa shape index (κ2) is 7.58. The molecule has 1 aliphatic heterocycles. The molecule has 0 radical (unpaired) electrons. The molecule has 1 heterocycles. The average Bonchev–Trinajstić information content (AvgIpc) is 2.62. The lowest BCUT2D eigenvalue weighted by atomic mass is 9.80. The molecule has 23 heavy (non-hydrogen) atoms. The van der Waals surface area contributed by atoms with Gasteiger partial charge in [0, 0.05) is 42.4 Å². The van der Waals surface area contributed by atoms with Crippen molar-refractivity contribution in [1.29, 1.82) is 0 Å². The Balaban J connectivity index is 1.69. The van der Waals surface area contributed by atoms with Crippen LogP contribution in [0.5, 0.6) is 0 Å². The highest BCUT2D eigenvalue weighted by Crippen LogP contribution is 2.35. The number of hydrogen-bond acceptors (Lipinski definition) is 4. The maximum atomic E-state index is 12.5. The van der Waals surface area contributed by atoms with Gasteiger partial charge < -0.3 is 11.1 Å². The lowest BCUT2D eigenvalue weighted by Gasteiger charge is -2.48. The van der Waals surface area contributed by atoms with Gasteiger partial charge in [-0.05, 0) is 25.0 Å². The molecule has 1 saturated carbocycles. The number of nitrogen functional groups attached to an aromatic ring is 1. The van der Waals surface area contributed by atoms with Crippen LogP contribution in [0, 0.1) is 0 Å². The summed E-state index contributed by atoms with van der Waals surface area (Å²) in [5, 5.41) is 3.18. The Hall–Kier alpha value is -1.20. The Morgan fingerprint density at radius 1 is 1.17 bits per heavy atom. The summed E-state index contributed by atoms with van der Waals surface area (Å²) in [5.41, 5.74) is 7.23. The summed E-state index contributed by atoms with van der Waals surface area (Å²) >= 11 is 2.04. The van der Waals surface area contributed by atoms with Gasteiger partial charge in [0.15, 0.2) is 0 Å². The quantitative estimate of drug-likeness (QED) is 0.832. The summed E-state index contributed by atoms with van der Waals surface area (Å²) in [7, 11) is 0. The Kier molecular flexibility index (Phi) is 5.49. The fourth-order valence-electron chi connectivity index (χ4n) is 3.90. The number of nitrogens with two attached hydrogens (primary N) is 1. The fourth-order valence-corrected chi connectivity index (χ4v) is 4.80. The summed E-state index contributed by atoms with van der Waals surface area (Å²) in [5.74, 6) is 2.38. The van der Waals surface area contributed by atoms with Gasteiger partial charge in [0.1, 0.15) is 0 Å². The van der Waals surface area contributed by atoms with Gasteiger partial charge >= 0.3 is 0 Å². The van der Waals surface area contributed by atoms with E-state index in [4.69, 9.17) is 5.73 Å². The van der Waals surface area contributed by atoms with Gasteiger partial charge in [0.25, 0.3) is 5.91 Å². The topological polar surface area (TPSA) is 58.4 Å². The minimum Gasteiger partial charge on any atom is -0.398 e. The van der Waals surface area contributed by atoms with Crippen molar-refractivity contribution in [3.63, 3.8) is 0 Å². The van der Waals surface area contributed by atoms with Crippen molar-refractivity contribution in [3.8, 4) is 0 Å². The van der Waals surface area contributed by atoms with Gasteiger partial charge in [-0.25, -0.2) is 0 Å². The van der Waals surface area contributed by atoms with Crippen LogP contribution < -0.4 is 11.1 Å². The number of carbonyl (C=O) groups excluding carboxylic acids is 1. The van der Waals surface area contributed by atoms with Crippen molar-refractivity contribution in [3.05, 3.63) is 29.8 Å². The number of amides is 1. The molecule has 0 bridgehead atoms. The van der Waals surface area contributed by atoms with Gasteiger partial charge in [-0.3, -0.25) is 9.69 Å². The van der Waals surface area contributed by atoms with Crippen molar-refractivity contribution >= 4 is 23.4 Å². The van der Waals surface area contributed by atoms with Crippen molar-refractivity contribution < 1.29 is 4.79 Å². The Bertz CT molecular complexity index is 537. The lowest BCUT2D eigenvalue weighted by molar-refractivity contribution is 0.0549. The predicted molar refractivity (Wildman–Crippen MR) is 97.9 cm³/mol. The smallest absolute Gasteiger partial charge is 0.253 e. The van der Waals surface area contributed by atoms with Gasteiger partial charge in [-0.1, -0.05) is 31.4 Å². The first-order valence-electron chi connectivity index (χ1n) is 8.67. The molecule has 1 aromatic rings. The molecule has 0 spiro atoms. The summed E-state index contributed by atoms with van der Waals surface area (Å²) < 4.78 is 0. The molecule has 5 heteroatoms. The molecular weight excluding hydrogens is 306 g/mol. The van der Waals surface area contributed by atoms with Crippen LogP contribution in [0.15, 0.2) is 24.3 Å². The number of benzene rings is 1. The Labute approximate surface area is 143 Å². The number of nitrogens with one attached hydrogen (secondary N) is 1. The van der Waals surface area contributed by atoms with Crippen LogP contribution in [0.3, 0.4) is 0 Å². The van der Waals surface area contributed by atoms with Crippen LogP contribution >= 0.6 is 11.8 Å². The van der Waals surface area contributed by atoms with E-state index in [1.54, 1.807) is 12.1 Å². The number of carbonyl (C=O) groups is 1. The van der Waals surface area contributed by atoms with Crippen molar-refractivity contribution in [2.45, 2.75) is 37.6 Å². The number of rotatable bonds is 4. The van der Waals surface area contributed by atoms with E-state index < -0.39 is 0 Å². The van der Waals surface area contributed by atoms with E-state index in [0.29, 0.717) is 11.3 Å². The molecular formula is C18H27N3OS. The van der Waals surface area contributed by atoms with E-state index in [1.165, 1.54) is 43.6 Å². The molecule has 3 rings (SSSR count). The summed E-state index contributed by atoms with van der Waals surface area (Å²) in [6.45, 7) is 3.03. The number of thioether (sulfide) groups is 1. The lowest BCUT2D eigenvalue weighted by Crippen LogP contribution is -2.58. The van der Waals surface area contributed by atoms with Crippen LogP contribution in [-0.4, -0.2) is 47.5 Å². The van der Waals surface area contributed by atoms with Crippen LogP contribution in [0.25, 0.3) is 0 Å². The van der Waals surface area contributed by atoms with E-state index in [2.05, 4.69) is 10.2 Å². The summed E-state index contributed by atoms with van der Waals surface area (Å²) in [6.07, 6.45) is 6.26. The van der Waals surface area contributed by atoms with Crippen LogP contribution in [0.4, 0.5) is 5.69 Å². The highest BCUT2D eigenvalue weighted by molar-refractivity contribution is 7.99. The minimum atomic E-state index is -0.0422. The second-order valence-electron chi connectivity index (χ2n) is 6.65. The minimum absolute atomic E-state index is 0.0422. The first-order chi connectivity index (χ1) is 11.2. The molecule has 0 aromatic heterocycles. The van der Waals surface area contributed by atoms with Crippen molar-refractivity contribution in [2.24, 2.45) is 0 Å². The molecule has 126 valence electrons. The number of nitrogens with zero attached hydrogens (tertiary/aromatic N) is 1. The predicted octanol–water partition coefficient (Wildman–Crippen LogP) is 2.75. The fraction of sp³-hybridized carbons (Fsp3) is 0.611.